The molecule has 5 rings (SSSR count). The summed E-state index contributed by atoms with van der Waals surface area (Å²) in [5.74, 6) is 0.0121. The van der Waals surface area contributed by atoms with Crippen molar-refractivity contribution in [3.8, 4) is 34.5 Å². The van der Waals surface area contributed by atoms with Gasteiger partial charge < -0.3 is 9.15 Å². The van der Waals surface area contributed by atoms with Crippen molar-refractivity contribution in [1.29, 1.82) is 5.26 Å². The maximum absolute atomic E-state index is 11.9. The molecule has 5 aromatic rings. The van der Waals surface area contributed by atoms with E-state index in [1.807, 2.05) is 34.7 Å². The van der Waals surface area contributed by atoms with E-state index in [-0.39, 0.29) is 0 Å². The minimum Gasteiger partial charge on any atom is -0.479 e. The number of ether oxygens (including phenoxy) is 1. The van der Waals surface area contributed by atoms with Crippen molar-refractivity contribution in [2.45, 2.75) is 0 Å². The number of hydrogen-bond acceptors (Lipinski definition) is 6. The summed E-state index contributed by atoms with van der Waals surface area (Å²) in [5.41, 5.74) is 5.48. The molecule has 146 valence electrons. The number of oxazole rings is 1. The highest BCUT2D eigenvalue weighted by atomic mass is 16.5. The van der Waals surface area contributed by atoms with Crippen molar-refractivity contribution in [1.82, 2.24) is 18.9 Å². The maximum atomic E-state index is 11.9. The molecule has 0 radical (unpaired) electrons. The molecular weight excluding hydrogens is 382 g/mol. The van der Waals surface area contributed by atoms with Gasteiger partial charge in [0.25, 0.3) is 0 Å². The Hall–Kier alpha value is -4.38. The second kappa shape index (κ2) is 6.60. The quantitative estimate of drug-likeness (QED) is 0.463. The number of aryl methyl sites for hydroxylation is 1. The van der Waals surface area contributed by atoms with Gasteiger partial charge >= 0.3 is 5.76 Å². The van der Waals surface area contributed by atoms with Crippen molar-refractivity contribution < 1.29 is 9.15 Å². The van der Waals surface area contributed by atoms with E-state index in [1.165, 1.54) is 4.57 Å². The number of aromatic nitrogens is 4. The van der Waals surface area contributed by atoms with Crippen LogP contribution in [0.25, 0.3) is 39.1 Å². The second-order valence-electron chi connectivity index (χ2n) is 6.77. The van der Waals surface area contributed by atoms with Crippen LogP contribution < -0.4 is 10.5 Å². The summed E-state index contributed by atoms with van der Waals surface area (Å²) in [6.45, 7) is 0. The fraction of sp³-hybridized carbons (Fsp3) is 0.0909. The zero-order chi connectivity index (χ0) is 20.8. The van der Waals surface area contributed by atoms with Crippen molar-refractivity contribution in [3.05, 3.63) is 71.1 Å². The number of methoxy groups -OCH3 is 1. The first kappa shape index (κ1) is 17.7. The van der Waals surface area contributed by atoms with Gasteiger partial charge in [-0.15, -0.1) is 0 Å². The van der Waals surface area contributed by atoms with E-state index in [1.54, 1.807) is 38.8 Å². The van der Waals surface area contributed by atoms with Gasteiger partial charge in [0.05, 0.1) is 48.2 Å². The molecule has 2 aromatic carbocycles. The van der Waals surface area contributed by atoms with E-state index < -0.39 is 5.76 Å². The van der Waals surface area contributed by atoms with Crippen LogP contribution in [0.4, 0.5) is 0 Å². The van der Waals surface area contributed by atoms with E-state index in [4.69, 9.17) is 19.4 Å². The van der Waals surface area contributed by atoms with Gasteiger partial charge in [-0.2, -0.15) is 5.26 Å². The molecule has 0 atom stereocenters. The van der Waals surface area contributed by atoms with Crippen LogP contribution in [0.1, 0.15) is 5.56 Å². The molecule has 0 saturated carbocycles. The molecule has 8 heteroatoms. The molecular formula is C22H15N5O3. The number of benzene rings is 2. The van der Waals surface area contributed by atoms with Crippen LogP contribution >= 0.6 is 0 Å². The van der Waals surface area contributed by atoms with Crippen LogP contribution in [-0.2, 0) is 7.05 Å². The highest BCUT2D eigenvalue weighted by Crippen LogP contribution is 2.36. The average molecular weight is 397 g/mol. The lowest BCUT2D eigenvalue weighted by Crippen LogP contribution is -2.08. The molecule has 8 nitrogen and oxygen atoms in total. The summed E-state index contributed by atoms with van der Waals surface area (Å²) in [6.07, 6.45) is 3.37. The lowest BCUT2D eigenvalue weighted by molar-refractivity contribution is 0.402. The summed E-state index contributed by atoms with van der Waals surface area (Å²) < 4.78 is 14.2. The highest BCUT2D eigenvalue weighted by Gasteiger charge is 2.19. The number of nitrogens with zero attached hydrogens (tertiary/aromatic N) is 5. The van der Waals surface area contributed by atoms with Crippen molar-refractivity contribution in [2.75, 3.05) is 7.11 Å². The van der Waals surface area contributed by atoms with Crippen molar-refractivity contribution >= 4 is 16.6 Å². The second-order valence-corrected chi connectivity index (χ2v) is 6.77. The Morgan fingerprint density at radius 3 is 2.60 bits per heavy atom. The van der Waals surface area contributed by atoms with Crippen LogP contribution in [0.3, 0.4) is 0 Å². The van der Waals surface area contributed by atoms with Gasteiger partial charge in [0.15, 0.2) is 5.58 Å². The molecule has 0 fully saturated rings. The number of rotatable bonds is 3. The molecule has 0 spiro atoms. The predicted molar refractivity (Wildman–Crippen MR) is 110 cm³/mol. The molecule has 30 heavy (non-hydrogen) atoms. The third-order valence-corrected chi connectivity index (χ3v) is 5.08. The maximum Gasteiger partial charge on any atom is 0.419 e. The van der Waals surface area contributed by atoms with Gasteiger partial charge in [-0.25, -0.2) is 14.8 Å². The molecule has 0 N–H and O–H groups in total. The van der Waals surface area contributed by atoms with Crippen LogP contribution in [0.15, 0.2) is 64.2 Å². The molecule has 0 aliphatic rings. The standard InChI is InChI=1S/C22H15N5O3/c1-26-16-8-7-15(9-18(16)30-22(26)28)20-19(14-5-3-13(10-23)4-6-14)25-21(29-2)17-11-24-12-27(17)20/h3-9,11-12H,1-2H3. The van der Waals surface area contributed by atoms with E-state index in [2.05, 4.69) is 11.1 Å². The molecule has 0 aliphatic heterocycles. The number of nitriles is 1. The summed E-state index contributed by atoms with van der Waals surface area (Å²) in [7, 11) is 3.22. The zero-order valence-electron chi connectivity index (χ0n) is 16.2. The first-order valence-corrected chi connectivity index (χ1v) is 9.11. The fourth-order valence-electron chi connectivity index (χ4n) is 3.57. The topological polar surface area (TPSA) is 98.4 Å². The third kappa shape index (κ3) is 2.57. The summed E-state index contributed by atoms with van der Waals surface area (Å²) in [4.78, 5) is 20.9. The molecule has 0 aliphatic carbocycles. The minimum atomic E-state index is -0.421. The minimum absolute atomic E-state index is 0.421. The monoisotopic (exact) mass is 397 g/mol. The molecule has 0 amide bonds. The van der Waals surface area contributed by atoms with Gasteiger partial charge in [-0.05, 0) is 24.3 Å². The smallest absolute Gasteiger partial charge is 0.419 e. The van der Waals surface area contributed by atoms with Crippen LogP contribution in [0.5, 0.6) is 5.88 Å². The molecule has 0 saturated heterocycles. The van der Waals surface area contributed by atoms with Gasteiger partial charge in [-0.1, -0.05) is 18.2 Å². The lowest BCUT2D eigenvalue weighted by atomic mass is 10.0. The summed E-state index contributed by atoms with van der Waals surface area (Å²) >= 11 is 0. The largest absolute Gasteiger partial charge is 0.479 e. The zero-order valence-corrected chi connectivity index (χ0v) is 16.2. The Morgan fingerprint density at radius 1 is 1.10 bits per heavy atom. The summed E-state index contributed by atoms with van der Waals surface area (Å²) in [5, 5.41) is 9.12. The molecule has 0 unspecified atom stereocenters. The Labute approximate surface area is 170 Å². The Balaban J connectivity index is 1.85. The SMILES string of the molecule is COc1nc(-c2ccc(C#N)cc2)c(-c2ccc3c(c2)oc(=O)n3C)n2cncc12. The van der Waals surface area contributed by atoms with E-state index >= 15 is 0 Å². The van der Waals surface area contributed by atoms with Crippen molar-refractivity contribution in [2.24, 2.45) is 7.05 Å². The van der Waals surface area contributed by atoms with Crippen molar-refractivity contribution in [3.63, 3.8) is 0 Å². The first-order valence-electron chi connectivity index (χ1n) is 9.11. The van der Waals surface area contributed by atoms with E-state index in [0.29, 0.717) is 33.8 Å². The first-order chi connectivity index (χ1) is 14.6. The normalized spacial score (nSPS) is 11.1. The lowest BCUT2D eigenvalue weighted by Gasteiger charge is -2.14. The van der Waals surface area contributed by atoms with E-state index in [9.17, 15) is 4.79 Å². The van der Waals surface area contributed by atoms with Crippen LogP contribution in [0.2, 0.25) is 0 Å². The van der Waals surface area contributed by atoms with Gasteiger partial charge in [0, 0.05) is 18.2 Å². The van der Waals surface area contributed by atoms with Gasteiger partial charge in [-0.3, -0.25) is 8.97 Å². The number of hydrogen-bond donors (Lipinski definition) is 0. The summed E-state index contributed by atoms with van der Waals surface area (Å²) in [6, 6.07) is 14.8. The number of fused-ring (bicyclic) bond motifs is 2. The van der Waals surface area contributed by atoms with E-state index in [0.717, 1.165) is 16.8 Å². The molecule has 3 aromatic heterocycles. The Kier molecular flexibility index (Phi) is 3.89. The average Bonchev–Trinajstić information content (AvgIpc) is 3.37. The molecule has 3 heterocycles. The van der Waals surface area contributed by atoms with Gasteiger partial charge in [0.2, 0.25) is 5.88 Å². The predicted octanol–water partition coefficient (Wildman–Crippen LogP) is 3.39. The number of imidazole rings is 1. The fourth-order valence-corrected chi connectivity index (χ4v) is 3.57. The highest BCUT2D eigenvalue weighted by molar-refractivity contribution is 5.87. The van der Waals surface area contributed by atoms with Gasteiger partial charge in [0.1, 0.15) is 5.52 Å². The van der Waals surface area contributed by atoms with Crippen LogP contribution in [-0.4, -0.2) is 26.0 Å². The molecule has 0 bridgehead atoms. The Morgan fingerprint density at radius 2 is 1.87 bits per heavy atom. The Bertz CT molecular complexity index is 1520. The third-order valence-electron chi connectivity index (χ3n) is 5.08. The van der Waals surface area contributed by atoms with Crippen LogP contribution in [0, 0.1) is 11.3 Å².